The third-order valence-electron chi connectivity index (χ3n) is 6.86. The monoisotopic (exact) mass is 486 g/mol. The average Bonchev–Trinajstić information content (AvgIpc) is 3.28. The van der Waals surface area contributed by atoms with Gasteiger partial charge < -0.3 is 18.7 Å². The summed E-state index contributed by atoms with van der Waals surface area (Å²) in [6, 6.07) is 1.62. The fraction of sp³-hybridized carbons (Fsp3) is 0.826. The van der Waals surface area contributed by atoms with Crippen LogP contribution in [0.3, 0.4) is 0 Å². The quantitative estimate of drug-likeness (QED) is 0.563. The second-order valence-corrected chi connectivity index (χ2v) is 13.0. The number of sulfone groups is 1. The summed E-state index contributed by atoms with van der Waals surface area (Å²) >= 11 is 0. The van der Waals surface area contributed by atoms with Crippen LogP contribution < -0.4 is 5.32 Å². The molecular weight excluding hydrogens is 448 g/mol. The van der Waals surface area contributed by atoms with Crippen LogP contribution in [-0.2, 0) is 34.3 Å². The number of carbonyl (C=O) groups excluding carboxylic acids is 1. The SMILES string of the molecule is CO[C@H]1CC[C@H](S(=O)(=O)C(C)(C)C(=O)Nc2cc(C(C)(C)COC3CCCCO3)no2)CC1. The molecule has 0 bridgehead atoms. The summed E-state index contributed by atoms with van der Waals surface area (Å²) in [7, 11) is -2.08. The molecule has 0 radical (unpaired) electrons. The molecular formula is C23H38N2O7S. The molecule has 9 nitrogen and oxygen atoms in total. The number of methoxy groups -OCH3 is 1. The van der Waals surface area contributed by atoms with Crippen LogP contribution in [0.2, 0.25) is 0 Å². The zero-order chi connectivity index (χ0) is 24.3. The van der Waals surface area contributed by atoms with Gasteiger partial charge in [0.25, 0.3) is 0 Å². The zero-order valence-corrected chi connectivity index (χ0v) is 21.2. The first-order valence-corrected chi connectivity index (χ1v) is 13.3. The van der Waals surface area contributed by atoms with Crippen LogP contribution in [-0.4, -0.2) is 62.2 Å². The minimum atomic E-state index is -3.72. The number of ether oxygens (including phenoxy) is 3. The first kappa shape index (κ1) is 26.1. The number of nitrogens with one attached hydrogen (secondary N) is 1. The van der Waals surface area contributed by atoms with Crippen molar-refractivity contribution in [3.05, 3.63) is 11.8 Å². The Kier molecular flexibility index (Phi) is 8.24. The lowest BCUT2D eigenvalue weighted by Crippen LogP contribution is -2.49. The van der Waals surface area contributed by atoms with Crippen molar-refractivity contribution < 1.29 is 31.9 Å². The molecule has 1 amide bonds. The van der Waals surface area contributed by atoms with E-state index in [-0.39, 0.29) is 18.3 Å². The van der Waals surface area contributed by atoms with E-state index in [0.717, 1.165) is 19.3 Å². The summed E-state index contributed by atoms with van der Waals surface area (Å²) in [5, 5.41) is 6.13. The first-order chi connectivity index (χ1) is 15.5. The van der Waals surface area contributed by atoms with Gasteiger partial charge in [-0.1, -0.05) is 19.0 Å². The number of amides is 1. The Morgan fingerprint density at radius 1 is 1.15 bits per heavy atom. The number of anilines is 1. The van der Waals surface area contributed by atoms with Crippen molar-refractivity contribution in [2.24, 2.45) is 0 Å². The van der Waals surface area contributed by atoms with Crippen LogP contribution in [0.25, 0.3) is 0 Å². The molecule has 33 heavy (non-hydrogen) atoms. The van der Waals surface area contributed by atoms with Gasteiger partial charge in [0.2, 0.25) is 11.8 Å². The van der Waals surface area contributed by atoms with E-state index >= 15 is 0 Å². The highest BCUT2D eigenvalue weighted by molar-refractivity contribution is 7.94. The topological polar surface area (TPSA) is 117 Å². The lowest BCUT2D eigenvalue weighted by molar-refractivity contribution is -0.170. The average molecular weight is 487 g/mol. The molecule has 1 N–H and O–H groups in total. The Balaban J connectivity index is 1.61. The van der Waals surface area contributed by atoms with E-state index in [4.69, 9.17) is 18.7 Å². The Labute approximate surface area is 196 Å². The number of hydrogen-bond acceptors (Lipinski definition) is 8. The molecule has 10 heteroatoms. The van der Waals surface area contributed by atoms with E-state index in [2.05, 4.69) is 10.5 Å². The second kappa shape index (κ2) is 10.4. The first-order valence-electron chi connectivity index (χ1n) is 11.8. The van der Waals surface area contributed by atoms with Gasteiger partial charge in [-0.3, -0.25) is 10.1 Å². The summed E-state index contributed by atoms with van der Waals surface area (Å²) in [6.07, 6.45) is 5.19. The van der Waals surface area contributed by atoms with E-state index in [1.54, 1.807) is 13.2 Å². The third-order valence-corrected chi connectivity index (χ3v) is 9.82. The number of carbonyl (C=O) groups is 1. The van der Waals surface area contributed by atoms with Gasteiger partial charge in [0.05, 0.1) is 23.7 Å². The maximum atomic E-state index is 13.3. The van der Waals surface area contributed by atoms with Crippen molar-refractivity contribution >= 4 is 21.6 Å². The number of aromatic nitrogens is 1. The molecule has 2 aliphatic rings. The normalized spacial score (nSPS) is 25.1. The smallest absolute Gasteiger partial charge is 0.247 e. The second-order valence-electron chi connectivity index (χ2n) is 10.2. The summed E-state index contributed by atoms with van der Waals surface area (Å²) in [5.74, 6) is -0.521. The lowest BCUT2D eigenvalue weighted by atomic mass is 9.90. The molecule has 3 rings (SSSR count). The summed E-state index contributed by atoms with van der Waals surface area (Å²) < 4.78 is 47.1. The molecule has 1 atom stereocenters. The lowest BCUT2D eigenvalue weighted by Gasteiger charge is -2.33. The van der Waals surface area contributed by atoms with Gasteiger partial charge in [-0.05, 0) is 58.8 Å². The summed E-state index contributed by atoms with van der Waals surface area (Å²) in [4.78, 5) is 13.0. The summed E-state index contributed by atoms with van der Waals surface area (Å²) in [6.45, 7) is 7.89. The minimum Gasteiger partial charge on any atom is -0.381 e. The predicted molar refractivity (Wildman–Crippen MR) is 124 cm³/mol. The Morgan fingerprint density at radius 2 is 1.85 bits per heavy atom. The van der Waals surface area contributed by atoms with Crippen molar-refractivity contribution in [1.29, 1.82) is 0 Å². The number of hydrogen-bond donors (Lipinski definition) is 1. The fourth-order valence-electron chi connectivity index (χ4n) is 4.26. The van der Waals surface area contributed by atoms with Crippen LogP contribution in [0.5, 0.6) is 0 Å². The third kappa shape index (κ3) is 5.96. The Bertz CT molecular complexity index is 896. The van der Waals surface area contributed by atoms with Gasteiger partial charge in [0.1, 0.15) is 4.75 Å². The van der Waals surface area contributed by atoms with E-state index in [9.17, 15) is 13.2 Å². The molecule has 1 aliphatic carbocycles. The number of nitrogens with zero attached hydrogens (tertiary/aromatic N) is 1. The van der Waals surface area contributed by atoms with E-state index in [0.29, 0.717) is 44.6 Å². The van der Waals surface area contributed by atoms with Crippen molar-refractivity contribution in [2.45, 2.75) is 100 Å². The highest BCUT2D eigenvalue weighted by Gasteiger charge is 2.47. The van der Waals surface area contributed by atoms with Gasteiger partial charge >= 0.3 is 0 Å². The maximum absolute atomic E-state index is 13.3. The van der Waals surface area contributed by atoms with E-state index < -0.39 is 31.2 Å². The molecule has 0 aromatic carbocycles. The summed E-state index contributed by atoms with van der Waals surface area (Å²) in [5.41, 5.74) is 0.127. The van der Waals surface area contributed by atoms with Crippen LogP contribution in [0.1, 0.15) is 78.3 Å². The zero-order valence-electron chi connectivity index (χ0n) is 20.4. The maximum Gasteiger partial charge on any atom is 0.247 e. The molecule has 1 saturated heterocycles. The fourth-order valence-corrected chi connectivity index (χ4v) is 6.29. The molecule has 1 unspecified atom stereocenters. The Hall–Kier alpha value is -1.49. The molecule has 2 fully saturated rings. The van der Waals surface area contributed by atoms with Crippen LogP contribution >= 0.6 is 0 Å². The molecule has 1 saturated carbocycles. The standard InChI is InChI=1S/C23H38N2O7S/c1-22(2,15-31-20-8-6-7-13-30-20)18-14-19(32-25-18)24-21(26)23(3,4)33(27,28)17-11-9-16(29-5)10-12-17/h14,16-17,20H,6-13,15H2,1-5H3,(H,24,26)/t16-,17-,20?. The molecule has 188 valence electrons. The highest BCUT2D eigenvalue weighted by atomic mass is 32.2. The van der Waals surface area contributed by atoms with Crippen molar-refractivity contribution in [1.82, 2.24) is 5.16 Å². The molecule has 2 heterocycles. The van der Waals surface area contributed by atoms with Crippen molar-refractivity contribution in [3.8, 4) is 0 Å². The van der Waals surface area contributed by atoms with Crippen LogP contribution in [0, 0.1) is 0 Å². The van der Waals surface area contributed by atoms with E-state index in [1.807, 2.05) is 13.8 Å². The van der Waals surface area contributed by atoms with Crippen LogP contribution in [0.4, 0.5) is 5.88 Å². The van der Waals surface area contributed by atoms with Gasteiger partial charge in [0.15, 0.2) is 16.1 Å². The van der Waals surface area contributed by atoms with Gasteiger partial charge in [-0.2, -0.15) is 0 Å². The van der Waals surface area contributed by atoms with Gasteiger partial charge in [-0.15, -0.1) is 0 Å². The van der Waals surface area contributed by atoms with Crippen molar-refractivity contribution in [3.63, 3.8) is 0 Å². The van der Waals surface area contributed by atoms with Gasteiger partial charge in [0, 0.05) is 25.2 Å². The van der Waals surface area contributed by atoms with Crippen LogP contribution in [0.15, 0.2) is 10.6 Å². The number of rotatable bonds is 9. The minimum absolute atomic E-state index is 0.0815. The molecule has 1 aliphatic heterocycles. The highest BCUT2D eigenvalue weighted by Crippen LogP contribution is 2.33. The van der Waals surface area contributed by atoms with E-state index in [1.165, 1.54) is 13.8 Å². The Morgan fingerprint density at radius 3 is 2.45 bits per heavy atom. The molecule has 0 spiro atoms. The molecule has 1 aromatic rings. The predicted octanol–water partition coefficient (Wildman–Crippen LogP) is 3.58. The molecule has 1 aromatic heterocycles. The largest absolute Gasteiger partial charge is 0.381 e. The van der Waals surface area contributed by atoms with Crippen molar-refractivity contribution in [2.75, 3.05) is 25.6 Å². The van der Waals surface area contributed by atoms with Gasteiger partial charge in [-0.25, -0.2) is 8.42 Å².